The van der Waals surface area contributed by atoms with Gasteiger partial charge in [0.15, 0.2) is 11.6 Å². The second-order valence-electron chi connectivity index (χ2n) is 2.30. The minimum Gasteiger partial charge on any atom is -0.396 e. The highest BCUT2D eigenvalue weighted by Gasteiger charge is 2.18. The predicted octanol–water partition coefficient (Wildman–Crippen LogP) is 0.870. The average Bonchev–Trinajstić information content (AvgIpc) is 2.09. The van der Waals surface area contributed by atoms with Crippen molar-refractivity contribution in [2.75, 3.05) is 12.4 Å². The van der Waals surface area contributed by atoms with Gasteiger partial charge in [0.1, 0.15) is 0 Å². The van der Waals surface area contributed by atoms with Crippen LogP contribution in [-0.4, -0.2) is 29.0 Å². The van der Waals surface area contributed by atoms with Gasteiger partial charge in [-0.3, -0.25) is 9.59 Å². The highest BCUT2D eigenvalue weighted by atomic mass is 35.5. The molecule has 1 aliphatic rings. The lowest BCUT2D eigenvalue weighted by Crippen LogP contribution is -2.09. The molecule has 0 aromatic carbocycles. The number of aliphatic hydroxyl groups is 1. The van der Waals surface area contributed by atoms with Crippen molar-refractivity contribution in [1.29, 1.82) is 0 Å². The normalized spacial score (nSPS) is 17.1. The SMILES string of the molecule is O=C1C=C(SCCO)C(=O)C=C1Cl. The first-order valence-corrected chi connectivity index (χ1v) is 4.92. The van der Waals surface area contributed by atoms with Crippen LogP contribution in [0, 0.1) is 0 Å². The minimum atomic E-state index is -0.360. The standard InChI is InChI=1S/C8H7ClO3S/c9-5-3-7(12)8(4-6(5)11)13-2-1-10/h3-4,10H,1-2H2. The van der Waals surface area contributed by atoms with Crippen molar-refractivity contribution < 1.29 is 14.7 Å². The summed E-state index contributed by atoms with van der Waals surface area (Å²) in [6.45, 7) is -0.0269. The summed E-state index contributed by atoms with van der Waals surface area (Å²) in [5.41, 5.74) is 0. The lowest BCUT2D eigenvalue weighted by Gasteiger charge is -2.06. The molecule has 3 nitrogen and oxygen atoms in total. The summed E-state index contributed by atoms with van der Waals surface area (Å²) in [6.07, 6.45) is 2.30. The van der Waals surface area contributed by atoms with E-state index in [1.54, 1.807) is 0 Å². The number of hydrogen-bond donors (Lipinski definition) is 1. The lowest BCUT2D eigenvalue weighted by atomic mass is 10.2. The third-order valence-electron chi connectivity index (χ3n) is 1.35. The molecule has 0 fully saturated rings. The van der Waals surface area contributed by atoms with Gasteiger partial charge in [-0.2, -0.15) is 0 Å². The Hall–Kier alpha value is -0.580. The number of ketones is 2. The molecular weight excluding hydrogens is 212 g/mol. The van der Waals surface area contributed by atoms with Crippen molar-refractivity contribution in [3.63, 3.8) is 0 Å². The van der Waals surface area contributed by atoms with E-state index < -0.39 is 0 Å². The van der Waals surface area contributed by atoms with Gasteiger partial charge in [-0.05, 0) is 0 Å². The van der Waals surface area contributed by atoms with Crippen LogP contribution in [-0.2, 0) is 9.59 Å². The summed E-state index contributed by atoms with van der Waals surface area (Å²) in [7, 11) is 0. The Morgan fingerprint density at radius 1 is 1.31 bits per heavy atom. The van der Waals surface area contributed by atoms with Gasteiger partial charge < -0.3 is 5.11 Å². The van der Waals surface area contributed by atoms with Crippen molar-refractivity contribution in [3.05, 3.63) is 22.1 Å². The number of carbonyl (C=O) groups excluding carboxylic acids is 2. The largest absolute Gasteiger partial charge is 0.396 e. The van der Waals surface area contributed by atoms with Gasteiger partial charge in [0.2, 0.25) is 0 Å². The topological polar surface area (TPSA) is 54.4 Å². The Bertz CT molecular complexity index is 307. The van der Waals surface area contributed by atoms with Gasteiger partial charge in [0, 0.05) is 17.9 Å². The zero-order chi connectivity index (χ0) is 9.84. The van der Waals surface area contributed by atoms with Crippen LogP contribution in [0.2, 0.25) is 0 Å². The molecule has 1 rings (SSSR count). The van der Waals surface area contributed by atoms with Crippen LogP contribution in [0.3, 0.4) is 0 Å². The van der Waals surface area contributed by atoms with E-state index in [1.807, 2.05) is 0 Å². The van der Waals surface area contributed by atoms with E-state index in [2.05, 4.69) is 0 Å². The fourth-order valence-corrected chi connectivity index (χ4v) is 1.64. The van der Waals surface area contributed by atoms with Gasteiger partial charge in [-0.15, -0.1) is 11.8 Å². The molecule has 0 aromatic rings. The van der Waals surface area contributed by atoms with Crippen molar-refractivity contribution in [2.24, 2.45) is 0 Å². The quantitative estimate of drug-likeness (QED) is 0.715. The molecule has 0 atom stereocenters. The van der Waals surface area contributed by atoms with E-state index in [0.717, 1.165) is 17.8 Å². The van der Waals surface area contributed by atoms with Crippen LogP contribution in [0.15, 0.2) is 22.1 Å². The van der Waals surface area contributed by atoms with Crippen LogP contribution in [0.5, 0.6) is 0 Å². The van der Waals surface area contributed by atoms with Crippen molar-refractivity contribution in [1.82, 2.24) is 0 Å². The maximum absolute atomic E-state index is 11.2. The zero-order valence-electron chi connectivity index (χ0n) is 6.62. The van der Waals surface area contributed by atoms with Crippen LogP contribution in [0.25, 0.3) is 0 Å². The smallest absolute Gasteiger partial charge is 0.198 e. The molecule has 13 heavy (non-hydrogen) atoms. The summed E-state index contributed by atoms with van der Waals surface area (Å²) in [5.74, 6) is -0.235. The van der Waals surface area contributed by atoms with Crippen LogP contribution in [0.1, 0.15) is 0 Å². The van der Waals surface area contributed by atoms with Gasteiger partial charge in [-0.1, -0.05) is 11.6 Å². The number of aliphatic hydroxyl groups excluding tert-OH is 1. The van der Waals surface area contributed by atoms with Crippen molar-refractivity contribution >= 4 is 34.9 Å². The first kappa shape index (κ1) is 10.5. The number of thioether (sulfide) groups is 1. The van der Waals surface area contributed by atoms with Crippen LogP contribution < -0.4 is 0 Å². The van der Waals surface area contributed by atoms with Crippen LogP contribution in [0.4, 0.5) is 0 Å². The fraction of sp³-hybridized carbons (Fsp3) is 0.250. The Morgan fingerprint density at radius 3 is 2.62 bits per heavy atom. The Morgan fingerprint density at radius 2 is 2.00 bits per heavy atom. The molecular formula is C8H7ClO3S. The van der Waals surface area contributed by atoms with Crippen molar-refractivity contribution in [3.8, 4) is 0 Å². The number of halogens is 1. The second-order valence-corrected chi connectivity index (χ2v) is 3.85. The molecule has 0 amide bonds. The molecule has 0 bridgehead atoms. The Kier molecular flexibility index (Phi) is 3.71. The van der Waals surface area contributed by atoms with Crippen LogP contribution >= 0.6 is 23.4 Å². The van der Waals surface area contributed by atoms with E-state index in [0.29, 0.717) is 10.7 Å². The van der Waals surface area contributed by atoms with E-state index in [4.69, 9.17) is 16.7 Å². The number of rotatable bonds is 3. The van der Waals surface area contributed by atoms with E-state index in [9.17, 15) is 9.59 Å². The molecule has 0 aliphatic heterocycles. The van der Waals surface area contributed by atoms with E-state index in [1.165, 1.54) is 6.08 Å². The fourth-order valence-electron chi connectivity index (χ4n) is 0.785. The minimum absolute atomic E-state index is 0.0269. The Labute approximate surface area is 84.5 Å². The highest BCUT2D eigenvalue weighted by molar-refractivity contribution is 8.04. The molecule has 0 aromatic heterocycles. The van der Waals surface area contributed by atoms with Gasteiger partial charge in [0.05, 0.1) is 16.5 Å². The van der Waals surface area contributed by atoms with E-state index >= 15 is 0 Å². The zero-order valence-corrected chi connectivity index (χ0v) is 8.19. The first-order valence-electron chi connectivity index (χ1n) is 3.56. The molecule has 70 valence electrons. The molecule has 0 unspecified atom stereocenters. The molecule has 0 radical (unpaired) electrons. The molecule has 0 saturated carbocycles. The third kappa shape index (κ3) is 2.69. The summed E-state index contributed by atoms with van der Waals surface area (Å²) in [4.78, 5) is 22.5. The maximum Gasteiger partial charge on any atom is 0.198 e. The molecule has 1 N–H and O–H groups in total. The molecule has 0 heterocycles. The van der Waals surface area contributed by atoms with Gasteiger partial charge in [-0.25, -0.2) is 0 Å². The number of hydrogen-bond acceptors (Lipinski definition) is 4. The summed E-state index contributed by atoms with van der Waals surface area (Å²) in [6, 6.07) is 0. The molecule has 5 heteroatoms. The average molecular weight is 219 g/mol. The monoisotopic (exact) mass is 218 g/mol. The molecule has 1 aliphatic carbocycles. The predicted molar refractivity (Wildman–Crippen MR) is 51.6 cm³/mol. The number of carbonyl (C=O) groups is 2. The third-order valence-corrected chi connectivity index (χ3v) is 2.66. The molecule has 0 spiro atoms. The summed E-state index contributed by atoms with van der Waals surface area (Å²) < 4.78 is 0. The summed E-state index contributed by atoms with van der Waals surface area (Å²) in [5, 5.41) is 8.46. The highest BCUT2D eigenvalue weighted by Crippen LogP contribution is 2.23. The molecule has 0 saturated heterocycles. The maximum atomic E-state index is 11.2. The van der Waals surface area contributed by atoms with Gasteiger partial charge >= 0.3 is 0 Å². The lowest BCUT2D eigenvalue weighted by molar-refractivity contribution is -0.114. The van der Waals surface area contributed by atoms with Gasteiger partial charge in [0.25, 0.3) is 0 Å². The number of allylic oxidation sites excluding steroid dienone is 4. The Balaban J connectivity index is 2.71. The van der Waals surface area contributed by atoms with E-state index in [-0.39, 0.29) is 23.2 Å². The summed E-state index contributed by atoms with van der Waals surface area (Å²) >= 11 is 6.60. The first-order chi connectivity index (χ1) is 6.15. The second kappa shape index (κ2) is 4.60. The van der Waals surface area contributed by atoms with Crippen molar-refractivity contribution in [2.45, 2.75) is 0 Å².